The molecule has 0 unspecified atom stereocenters. The van der Waals surface area contributed by atoms with Gasteiger partial charge in [-0.15, -0.1) is 11.3 Å². The summed E-state index contributed by atoms with van der Waals surface area (Å²) in [5.74, 6) is -0.602. The number of hydrogen-bond acceptors (Lipinski definition) is 5. The number of rotatable bonds is 3. The summed E-state index contributed by atoms with van der Waals surface area (Å²) in [6.07, 6.45) is 1.29. The summed E-state index contributed by atoms with van der Waals surface area (Å²) in [5.41, 5.74) is 2.69. The SMILES string of the molecule is O=C(N/N=C\c1cc(Br)c(O)c(Br)c1O)c1cccs1. The quantitative estimate of drug-likeness (QED) is 0.526. The van der Waals surface area contributed by atoms with Gasteiger partial charge in [0, 0.05) is 5.56 Å². The number of nitrogens with one attached hydrogen (secondary N) is 1. The number of thiophene rings is 1. The Morgan fingerprint density at radius 2 is 2.10 bits per heavy atom. The molecular formula is C12H8Br2N2O3S. The first kappa shape index (κ1) is 15.0. The van der Waals surface area contributed by atoms with Crippen LogP contribution >= 0.6 is 43.2 Å². The van der Waals surface area contributed by atoms with Crippen molar-refractivity contribution in [3.05, 3.63) is 43.0 Å². The standard InChI is InChI=1S/C12H8Br2N2O3S/c13-7-4-6(10(17)9(14)11(7)18)5-15-16-12(19)8-2-1-3-20-8/h1-5,17-18H,(H,16,19)/b15-5-. The molecule has 0 aliphatic rings. The van der Waals surface area contributed by atoms with Gasteiger partial charge < -0.3 is 10.2 Å². The lowest BCUT2D eigenvalue weighted by Crippen LogP contribution is -2.16. The zero-order valence-corrected chi connectivity index (χ0v) is 13.8. The lowest BCUT2D eigenvalue weighted by molar-refractivity contribution is 0.0959. The van der Waals surface area contributed by atoms with Crippen LogP contribution in [0.3, 0.4) is 0 Å². The maximum Gasteiger partial charge on any atom is 0.281 e. The predicted molar refractivity (Wildman–Crippen MR) is 84.6 cm³/mol. The van der Waals surface area contributed by atoms with E-state index in [1.165, 1.54) is 23.6 Å². The van der Waals surface area contributed by atoms with Gasteiger partial charge in [0.1, 0.15) is 16.0 Å². The number of phenolic OH excluding ortho intramolecular Hbond substituents is 2. The molecule has 1 amide bonds. The van der Waals surface area contributed by atoms with Crippen LogP contribution in [0.15, 0.2) is 37.6 Å². The number of carbonyl (C=O) groups is 1. The van der Waals surface area contributed by atoms with E-state index in [2.05, 4.69) is 42.4 Å². The number of hydrazone groups is 1. The summed E-state index contributed by atoms with van der Waals surface area (Å²) >= 11 is 7.50. The van der Waals surface area contributed by atoms with E-state index >= 15 is 0 Å². The van der Waals surface area contributed by atoms with E-state index in [4.69, 9.17) is 0 Å². The van der Waals surface area contributed by atoms with Crippen molar-refractivity contribution in [1.29, 1.82) is 0 Å². The molecule has 0 radical (unpaired) electrons. The molecule has 1 aromatic carbocycles. The molecule has 0 aliphatic heterocycles. The maximum absolute atomic E-state index is 11.6. The number of benzene rings is 1. The minimum absolute atomic E-state index is 0.109. The number of halogens is 2. The lowest BCUT2D eigenvalue weighted by Gasteiger charge is -2.06. The Labute approximate surface area is 135 Å². The highest BCUT2D eigenvalue weighted by molar-refractivity contribution is 9.11. The van der Waals surface area contributed by atoms with Gasteiger partial charge in [0.05, 0.1) is 15.6 Å². The Balaban J connectivity index is 2.14. The summed E-state index contributed by atoms with van der Waals surface area (Å²) in [7, 11) is 0. The van der Waals surface area contributed by atoms with Crippen molar-refractivity contribution in [2.45, 2.75) is 0 Å². The predicted octanol–water partition coefficient (Wildman–Crippen LogP) is 3.45. The molecule has 2 rings (SSSR count). The van der Waals surface area contributed by atoms with E-state index in [0.717, 1.165) is 0 Å². The first-order valence-electron chi connectivity index (χ1n) is 5.27. The van der Waals surface area contributed by atoms with E-state index in [0.29, 0.717) is 14.9 Å². The molecule has 8 heteroatoms. The molecular weight excluding hydrogens is 412 g/mol. The summed E-state index contributed by atoms with van der Waals surface area (Å²) in [6.45, 7) is 0. The maximum atomic E-state index is 11.6. The molecule has 0 spiro atoms. The molecule has 0 bridgehead atoms. The highest BCUT2D eigenvalue weighted by Gasteiger charge is 2.13. The number of nitrogens with zero attached hydrogens (tertiary/aromatic N) is 1. The van der Waals surface area contributed by atoms with Crippen LogP contribution < -0.4 is 5.43 Å². The van der Waals surface area contributed by atoms with Gasteiger partial charge in [0.25, 0.3) is 5.91 Å². The third-order valence-electron chi connectivity index (χ3n) is 2.31. The highest BCUT2D eigenvalue weighted by Crippen LogP contribution is 2.40. The molecule has 2 aromatic rings. The first-order chi connectivity index (χ1) is 9.50. The van der Waals surface area contributed by atoms with E-state index in [1.54, 1.807) is 17.5 Å². The second kappa shape index (κ2) is 6.38. The summed E-state index contributed by atoms with van der Waals surface area (Å²) < 4.78 is 0.547. The van der Waals surface area contributed by atoms with E-state index in [9.17, 15) is 15.0 Å². The van der Waals surface area contributed by atoms with Gasteiger partial charge >= 0.3 is 0 Å². The molecule has 5 nitrogen and oxygen atoms in total. The second-order valence-electron chi connectivity index (χ2n) is 3.64. The van der Waals surface area contributed by atoms with Crippen LogP contribution in [0.2, 0.25) is 0 Å². The Morgan fingerprint density at radius 1 is 1.35 bits per heavy atom. The van der Waals surface area contributed by atoms with Crippen molar-refractivity contribution in [3.8, 4) is 11.5 Å². The molecule has 0 saturated heterocycles. The minimum Gasteiger partial charge on any atom is -0.506 e. The smallest absolute Gasteiger partial charge is 0.281 e. The van der Waals surface area contributed by atoms with Crippen LogP contribution in [0.4, 0.5) is 0 Å². The van der Waals surface area contributed by atoms with Crippen molar-refractivity contribution >= 4 is 55.3 Å². The zero-order chi connectivity index (χ0) is 14.7. The molecule has 0 aliphatic carbocycles. The number of phenols is 2. The summed E-state index contributed by atoms with van der Waals surface area (Å²) in [4.78, 5) is 12.2. The molecule has 104 valence electrons. The number of hydrogen-bond donors (Lipinski definition) is 3. The van der Waals surface area contributed by atoms with Gasteiger partial charge in [-0.3, -0.25) is 4.79 Å². The van der Waals surface area contributed by atoms with E-state index in [1.807, 2.05) is 0 Å². The van der Waals surface area contributed by atoms with Crippen LogP contribution in [0.5, 0.6) is 11.5 Å². The number of carbonyl (C=O) groups excluding carboxylic acids is 1. The third kappa shape index (κ3) is 3.20. The van der Waals surface area contributed by atoms with Crippen molar-refractivity contribution < 1.29 is 15.0 Å². The van der Waals surface area contributed by atoms with Crippen molar-refractivity contribution in [2.75, 3.05) is 0 Å². The fraction of sp³-hybridized carbons (Fsp3) is 0. The van der Waals surface area contributed by atoms with Crippen LogP contribution in [-0.4, -0.2) is 22.3 Å². The third-order valence-corrected chi connectivity index (χ3v) is 4.54. The minimum atomic E-state index is -0.326. The monoisotopic (exact) mass is 418 g/mol. The van der Waals surface area contributed by atoms with Crippen molar-refractivity contribution in [2.24, 2.45) is 5.10 Å². The normalized spacial score (nSPS) is 10.9. The van der Waals surface area contributed by atoms with Gasteiger partial charge in [0.2, 0.25) is 0 Å². The fourth-order valence-corrected chi connectivity index (χ4v) is 3.11. The van der Waals surface area contributed by atoms with Crippen molar-refractivity contribution in [3.63, 3.8) is 0 Å². The molecule has 0 fully saturated rings. The first-order valence-corrected chi connectivity index (χ1v) is 7.74. The lowest BCUT2D eigenvalue weighted by atomic mass is 10.2. The Hall–Kier alpha value is -1.38. The van der Waals surface area contributed by atoms with Gasteiger partial charge in [-0.25, -0.2) is 5.43 Å². The van der Waals surface area contributed by atoms with E-state index < -0.39 is 0 Å². The zero-order valence-electron chi connectivity index (χ0n) is 9.80. The summed E-state index contributed by atoms with van der Waals surface area (Å²) in [6, 6.07) is 4.93. The largest absolute Gasteiger partial charge is 0.506 e. The fourth-order valence-electron chi connectivity index (χ4n) is 1.34. The van der Waals surface area contributed by atoms with Gasteiger partial charge in [-0.05, 0) is 49.4 Å². The van der Waals surface area contributed by atoms with Crippen LogP contribution in [0.1, 0.15) is 15.2 Å². The Morgan fingerprint density at radius 3 is 2.75 bits per heavy atom. The van der Waals surface area contributed by atoms with E-state index in [-0.39, 0.29) is 21.9 Å². The van der Waals surface area contributed by atoms with Crippen LogP contribution in [0, 0.1) is 0 Å². The van der Waals surface area contributed by atoms with Crippen LogP contribution in [-0.2, 0) is 0 Å². The average molecular weight is 420 g/mol. The van der Waals surface area contributed by atoms with Crippen molar-refractivity contribution in [1.82, 2.24) is 5.43 Å². The summed E-state index contributed by atoms with van der Waals surface area (Å²) in [5, 5.41) is 25.0. The molecule has 3 N–H and O–H groups in total. The number of amides is 1. The van der Waals surface area contributed by atoms with Gasteiger partial charge in [0.15, 0.2) is 0 Å². The van der Waals surface area contributed by atoms with Gasteiger partial charge in [-0.2, -0.15) is 5.10 Å². The van der Waals surface area contributed by atoms with Gasteiger partial charge in [-0.1, -0.05) is 6.07 Å². The second-order valence-corrected chi connectivity index (χ2v) is 6.23. The molecule has 0 saturated carbocycles. The molecule has 1 heterocycles. The topological polar surface area (TPSA) is 81.9 Å². The van der Waals surface area contributed by atoms with Crippen LogP contribution in [0.25, 0.3) is 0 Å². The average Bonchev–Trinajstić information content (AvgIpc) is 2.96. The Kier molecular flexibility index (Phi) is 4.79. The molecule has 0 atom stereocenters. The number of aromatic hydroxyl groups is 2. The molecule has 1 aromatic heterocycles. The Bertz CT molecular complexity index is 672. The highest BCUT2D eigenvalue weighted by atomic mass is 79.9. The molecule has 20 heavy (non-hydrogen) atoms.